The molecular weight excluding hydrogens is 248 g/mol. The molecule has 0 saturated heterocycles. The molecule has 0 aliphatic heterocycles. The molecule has 1 aliphatic carbocycles. The van der Waals surface area contributed by atoms with Crippen molar-refractivity contribution in [3.05, 3.63) is 34.9 Å². The second-order valence-electron chi connectivity index (χ2n) is 4.91. The van der Waals surface area contributed by atoms with Crippen molar-refractivity contribution in [2.75, 3.05) is 6.54 Å². The van der Waals surface area contributed by atoms with Gasteiger partial charge in [-0.1, -0.05) is 30.2 Å². The fourth-order valence-corrected chi connectivity index (χ4v) is 2.81. The summed E-state index contributed by atoms with van der Waals surface area (Å²) in [6.45, 7) is 0.655. The third-order valence-electron chi connectivity index (χ3n) is 3.56. The Hall–Kier alpha value is -1.06. The molecular formula is C14H19ClN2O. The van der Waals surface area contributed by atoms with Gasteiger partial charge in [0, 0.05) is 11.1 Å². The summed E-state index contributed by atoms with van der Waals surface area (Å²) in [5, 5.41) is 3.75. The summed E-state index contributed by atoms with van der Waals surface area (Å²) in [7, 11) is 0. The van der Waals surface area contributed by atoms with Crippen molar-refractivity contribution in [1.82, 2.24) is 5.32 Å². The number of hydrogen-bond acceptors (Lipinski definition) is 2. The van der Waals surface area contributed by atoms with Crippen molar-refractivity contribution < 1.29 is 4.79 Å². The molecule has 2 rings (SSSR count). The first-order valence-electron chi connectivity index (χ1n) is 6.43. The van der Waals surface area contributed by atoms with E-state index in [9.17, 15) is 4.79 Å². The number of halogens is 1. The number of rotatable bonds is 4. The molecule has 2 unspecified atom stereocenters. The summed E-state index contributed by atoms with van der Waals surface area (Å²) in [6, 6.07) is 7.67. The fourth-order valence-electron chi connectivity index (χ4n) is 2.60. The molecule has 18 heavy (non-hydrogen) atoms. The molecule has 98 valence electrons. The van der Waals surface area contributed by atoms with E-state index in [2.05, 4.69) is 5.32 Å². The van der Waals surface area contributed by atoms with Crippen LogP contribution < -0.4 is 11.1 Å². The van der Waals surface area contributed by atoms with Crippen LogP contribution in [0.4, 0.5) is 0 Å². The minimum absolute atomic E-state index is 0.0580. The van der Waals surface area contributed by atoms with Gasteiger partial charge in [-0.05, 0) is 43.0 Å². The predicted octanol–water partition coefficient (Wildman–Crippen LogP) is 2.13. The van der Waals surface area contributed by atoms with E-state index in [0.29, 0.717) is 23.9 Å². The number of nitrogens with one attached hydrogen (secondary N) is 1. The lowest BCUT2D eigenvalue weighted by atomic mass is 10.0. The molecule has 0 bridgehead atoms. The highest BCUT2D eigenvalue weighted by Gasteiger charge is 2.27. The Morgan fingerprint density at radius 2 is 2.28 bits per heavy atom. The third-order valence-corrected chi connectivity index (χ3v) is 3.80. The van der Waals surface area contributed by atoms with Crippen molar-refractivity contribution >= 4 is 17.5 Å². The molecule has 1 fully saturated rings. The SMILES string of the molecule is NCC1CCCC1NC(=O)Cc1cccc(Cl)c1. The number of benzene rings is 1. The van der Waals surface area contributed by atoms with E-state index >= 15 is 0 Å². The smallest absolute Gasteiger partial charge is 0.224 e. The first-order chi connectivity index (χ1) is 8.69. The van der Waals surface area contributed by atoms with Gasteiger partial charge in [0.1, 0.15) is 0 Å². The Bertz CT molecular complexity index is 422. The Labute approximate surface area is 113 Å². The van der Waals surface area contributed by atoms with E-state index in [4.69, 9.17) is 17.3 Å². The zero-order valence-corrected chi connectivity index (χ0v) is 11.1. The van der Waals surface area contributed by atoms with E-state index in [1.807, 2.05) is 24.3 Å². The normalized spacial score (nSPS) is 23.0. The Morgan fingerprint density at radius 3 is 3.00 bits per heavy atom. The first-order valence-corrected chi connectivity index (χ1v) is 6.80. The number of carbonyl (C=O) groups is 1. The minimum atomic E-state index is 0.0580. The molecule has 1 aromatic rings. The predicted molar refractivity (Wildman–Crippen MR) is 73.5 cm³/mol. The van der Waals surface area contributed by atoms with Crippen LogP contribution in [0.2, 0.25) is 5.02 Å². The average molecular weight is 267 g/mol. The van der Waals surface area contributed by atoms with Crippen molar-refractivity contribution in [3.8, 4) is 0 Å². The highest BCUT2D eigenvalue weighted by Crippen LogP contribution is 2.24. The highest BCUT2D eigenvalue weighted by atomic mass is 35.5. The van der Waals surface area contributed by atoms with Gasteiger partial charge >= 0.3 is 0 Å². The molecule has 1 aliphatic rings. The van der Waals surface area contributed by atoms with Crippen LogP contribution in [0.15, 0.2) is 24.3 Å². The van der Waals surface area contributed by atoms with Gasteiger partial charge in [-0.15, -0.1) is 0 Å². The van der Waals surface area contributed by atoms with Crippen molar-refractivity contribution in [1.29, 1.82) is 0 Å². The zero-order chi connectivity index (χ0) is 13.0. The number of carbonyl (C=O) groups excluding carboxylic acids is 1. The summed E-state index contributed by atoms with van der Waals surface area (Å²) in [5.41, 5.74) is 6.65. The number of nitrogens with two attached hydrogens (primary N) is 1. The van der Waals surface area contributed by atoms with Crippen LogP contribution in [0, 0.1) is 5.92 Å². The van der Waals surface area contributed by atoms with E-state index in [1.54, 1.807) is 0 Å². The van der Waals surface area contributed by atoms with Crippen molar-refractivity contribution in [2.45, 2.75) is 31.7 Å². The molecule has 0 aromatic heterocycles. The van der Waals surface area contributed by atoms with Crippen LogP contribution >= 0.6 is 11.6 Å². The Balaban J connectivity index is 1.89. The van der Waals surface area contributed by atoms with Crippen LogP contribution in [0.3, 0.4) is 0 Å². The lowest BCUT2D eigenvalue weighted by Gasteiger charge is -2.19. The fraction of sp³-hybridized carbons (Fsp3) is 0.500. The molecule has 1 saturated carbocycles. The van der Waals surface area contributed by atoms with Gasteiger partial charge in [0.2, 0.25) is 5.91 Å². The Kier molecular flexibility index (Phi) is 4.61. The molecule has 0 spiro atoms. The minimum Gasteiger partial charge on any atom is -0.353 e. The van der Waals surface area contributed by atoms with Gasteiger partial charge in [-0.25, -0.2) is 0 Å². The van der Waals surface area contributed by atoms with Crippen LogP contribution in [0.1, 0.15) is 24.8 Å². The van der Waals surface area contributed by atoms with Crippen LogP contribution in [-0.4, -0.2) is 18.5 Å². The van der Waals surface area contributed by atoms with Gasteiger partial charge in [0.25, 0.3) is 0 Å². The monoisotopic (exact) mass is 266 g/mol. The summed E-state index contributed by atoms with van der Waals surface area (Å²) in [6.07, 6.45) is 3.71. The zero-order valence-electron chi connectivity index (χ0n) is 10.4. The number of amides is 1. The van der Waals surface area contributed by atoms with Gasteiger partial charge < -0.3 is 11.1 Å². The molecule has 3 nitrogen and oxygen atoms in total. The quantitative estimate of drug-likeness (QED) is 0.877. The van der Waals surface area contributed by atoms with Gasteiger partial charge in [-0.2, -0.15) is 0 Å². The van der Waals surface area contributed by atoms with Crippen molar-refractivity contribution in [3.63, 3.8) is 0 Å². The van der Waals surface area contributed by atoms with E-state index in [-0.39, 0.29) is 11.9 Å². The molecule has 1 aromatic carbocycles. The molecule has 1 amide bonds. The molecule has 0 heterocycles. The van der Waals surface area contributed by atoms with Crippen LogP contribution in [-0.2, 0) is 11.2 Å². The summed E-state index contributed by atoms with van der Waals surface area (Å²) in [4.78, 5) is 11.9. The number of hydrogen-bond donors (Lipinski definition) is 2. The maximum Gasteiger partial charge on any atom is 0.224 e. The summed E-state index contributed by atoms with van der Waals surface area (Å²) >= 11 is 5.90. The van der Waals surface area contributed by atoms with E-state index in [1.165, 1.54) is 0 Å². The van der Waals surface area contributed by atoms with Crippen molar-refractivity contribution in [2.24, 2.45) is 11.7 Å². The van der Waals surface area contributed by atoms with E-state index < -0.39 is 0 Å². The second-order valence-corrected chi connectivity index (χ2v) is 5.34. The highest BCUT2D eigenvalue weighted by molar-refractivity contribution is 6.30. The van der Waals surface area contributed by atoms with E-state index in [0.717, 1.165) is 24.8 Å². The summed E-state index contributed by atoms with van der Waals surface area (Å²) < 4.78 is 0. The standard InChI is InChI=1S/C14H19ClN2O/c15-12-5-1-3-10(7-12)8-14(18)17-13-6-2-4-11(13)9-16/h1,3,5,7,11,13H,2,4,6,8-9,16H2,(H,17,18). The maximum absolute atomic E-state index is 11.9. The molecule has 3 N–H and O–H groups in total. The van der Waals surface area contributed by atoms with Gasteiger partial charge in [-0.3, -0.25) is 4.79 Å². The third kappa shape index (κ3) is 3.47. The van der Waals surface area contributed by atoms with Gasteiger partial charge in [0.15, 0.2) is 0 Å². The topological polar surface area (TPSA) is 55.1 Å². The van der Waals surface area contributed by atoms with Gasteiger partial charge in [0.05, 0.1) is 6.42 Å². The molecule has 2 atom stereocenters. The average Bonchev–Trinajstić information content (AvgIpc) is 2.76. The lowest BCUT2D eigenvalue weighted by molar-refractivity contribution is -0.121. The van der Waals surface area contributed by atoms with Crippen LogP contribution in [0.5, 0.6) is 0 Å². The lowest BCUT2D eigenvalue weighted by Crippen LogP contribution is -2.40. The van der Waals surface area contributed by atoms with Crippen LogP contribution in [0.25, 0.3) is 0 Å². The Morgan fingerprint density at radius 1 is 1.44 bits per heavy atom. The first kappa shape index (κ1) is 13.4. The second kappa shape index (κ2) is 6.21. The largest absolute Gasteiger partial charge is 0.353 e. The maximum atomic E-state index is 11.9. The molecule has 0 radical (unpaired) electrons. The summed E-state index contributed by atoms with van der Waals surface area (Å²) in [5.74, 6) is 0.496. The molecule has 4 heteroatoms.